The second-order valence-corrected chi connectivity index (χ2v) is 8.22. The molecule has 1 aliphatic rings. The molecule has 0 atom stereocenters. The second kappa shape index (κ2) is 8.19. The van der Waals surface area contributed by atoms with Crippen molar-refractivity contribution in [1.29, 1.82) is 0 Å². The van der Waals surface area contributed by atoms with Crippen LogP contribution in [0.15, 0.2) is 41.3 Å². The highest BCUT2D eigenvalue weighted by Gasteiger charge is 2.38. The highest BCUT2D eigenvalue weighted by Crippen LogP contribution is 2.44. The van der Waals surface area contributed by atoms with Crippen molar-refractivity contribution in [3.8, 4) is 11.5 Å². The standard InChI is InChI=1S/C21H20O8S/c1-3-28-20(24)14-11-15(22)17(21(25)29-4-2)19(18(14)23)30(26,27)16-10-9-12-7-5-6-8-13(12)16/h5-8,10-11,22-23H,3-4,9H2,1-2H3. The highest BCUT2D eigenvalue weighted by molar-refractivity contribution is 8.00. The monoisotopic (exact) mass is 432 g/mol. The molecule has 0 saturated carbocycles. The number of esters is 2. The van der Waals surface area contributed by atoms with Crippen molar-refractivity contribution in [1.82, 2.24) is 0 Å². The van der Waals surface area contributed by atoms with Gasteiger partial charge in [0.1, 0.15) is 27.5 Å². The summed E-state index contributed by atoms with van der Waals surface area (Å²) in [6.07, 6.45) is 1.78. The van der Waals surface area contributed by atoms with Gasteiger partial charge >= 0.3 is 11.9 Å². The number of hydrogen-bond acceptors (Lipinski definition) is 8. The molecule has 0 spiro atoms. The maximum absolute atomic E-state index is 13.5. The van der Waals surface area contributed by atoms with Crippen molar-refractivity contribution in [2.75, 3.05) is 13.2 Å². The molecular weight excluding hydrogens is 412 g/mol. The van der Waals surface area contributed by atoms with Crippen LogP contribution in [-0.2, 0) is 25.7 Å². The van der Waals surface area contributed by atoms with Gasteiger partial charge in [-0.25, -0.2) is 18.0 Å². The van der Waals surface area contributed by atoms with E-state index in [1.165, 1.54) is 19.9 Å². The Labute approximate surface area is 173 Å². The molecule has 0 aliphatic heterocycles. The van der Waals surface area contributed by atoms with Gasteiger partial charge in [0.25, 0.3) is 0 Å². The van der Waals surface area contributed by atoms with Gasteiger partial charge in [-0.2, -0.15) is 0 Å². The third-order valence-electron chi connectivity index (χ3n) is 4.56. The summed E-state index contributed by atoms with van der Waals surface area (Å²) in [6.45, 7) is 2.90. The van der Waals surface area contributed by atoms with Gasteiger partial charge in [-0.3, -0.25) is 0 Å². The minimum atomic E-state index is -4.53. The fourth-order valence-electron chi connectivity index (χ4n) is 3.28. The molecule has 158 valence electrons. The Bertz CT molecular complexity index is 1160. The molecule has 0 amide bonds. The summed E-state index contributed by atoms with van der Waals surface area (Å²) in [5.41, 5.74) is -0.160. The van der Waals surface area contributed by atoms with Gasteiger partial charge in [-0.15, -0.1) is 0 Å². The van der Waals surface area contributed by atoms with Crippen molar-refractivity contribution < 1.29 is 37.7 Å². The van der Waals surface area contributed by atoms with Crippen LogP contribution in [0.5, 0.6) is 11.5 Å². The van der Waals surface area contributed by atoms with E-state index in [2.05, 4.69) is 0 Å². The molecule has 2 N–H and O–H groups in total. The minimum absolute atomic E-state index is 0.0424. The summed E-state index contributed by atoms with van der Waals surface area (Å²) in [5.74, 6) is -4.00. The number of phenols is 2. The lowest BCUT2D eigenvalue weighted by molar-refractivity contribution is 0.0500. The number of aromatic hydroxyl groups is 2. The van der Waals surface area contributed by atoms with Crippen LogP contribution in [0, 0.1) is 0 Å². The van der Waals surface area contributed by atoms with Gasteiger partial charge in [-0.1, -0.05) is 30.3 Å². The van der Waals surface area contributed by atoms with E-state index < -0.39 is 49.3 Å². The van der Waals surface area contributed by atoms with Crippen molar-refractivity contribution in [2.24, 2.45) is 0 Å². The smallest absolute Gasteiger partial charge is 0.343 e. The van der Waals surface area contributed by atoms with Gasteiger partial charge in [0.15, 0.2) is 0 Å². The number of benzene rings is 2. The first-order valence-electron chi connectivity index (χ1n) is 9.20. The van der Waals surface area contributed by atoms with E-state index in [1.807, 2.05) is 0 Å². The van der Waals surface area contributed by atoms with E-state index in [1.54, 1.807) is 24.3 Å². The van der Waals surface area contributed by atoms with Gasteiger partial charge in [0, 0.05) is 0 Å². The van der Waals surface area contributed by atoms with Gasteiger partial charge in [0.05, 0.1) is 18.1 Å². The minimum Gasteiger partial charge on any atom is -0.507 e. The van der Waals surface area contributed by atoms with Crippen LogP contribution in [-0.4, -0.2) is 43.8 Å². The molecule has 2 aromatic rings. The number of rotatable bonds is 6. The van der Waals surface area contributed by atoms with E-state index >= 15 is 0 Å². The number of sulfone groups is 1. The van der Waals surface area contributed by atoms with Crippen LogP contribution in [0.25, 0.3) is 4.91 Å². The zero-order valence-electron chi connectivity index (χ0n) is 16.3. The number of carbonyl (C=O) groups excluding carboxylic acids is 2. The third kappa shape index (κ3) is 3.52. The number of fused-ring (bicyclic) bond motifs is 1. The summed E-state index contributed by atoms with van der Waals surface area (Å²) in [5, 5.41) is 21.1. The SMILES string of the molecule is CCOC(=O)c1cc(O)c(C(=O)OCC)c(S(=O)(=O)C2=CCc3ccccc32)c1O. The molecule has 1 aliphatic carbocycles. The first kappa shape index (κ1) is 21.4. The summed E-state index contributed by atoms with van der Waals surface area (Å²) < 4.78 is 36.8. The van der Waals surface area contributed by atoms with E-state index in [0.717, 1.165) is 11.6 Å². The fraction of sp³-hybridized carbons (Fsp3) is 0.238. The predicted molar refractivity (Wildman–Crippen MR) is 107 cm³/mol. The summed E-state index contributed by atoms with van der Waals surface area (Å²) >= 11 is 0. The lowest BCUT2D eigenvalue weighted by atomic mass is 10.1. The molecule has 0 radical (unpaired) electrons. The lowest BCUT2D eigenvalue weighted by Gasteiger charge is -2.17. The van der Waals surface area contributed by atoms with Crippen LogP contribution >= 0.6 is 0 Å². The Morgan fingerprint density at radius 1 is 1.03 bits per heavy atom. The largest absolute Gasteiger partial charge is 0.507 e. The average molecular weight is 432 g/mol. The number of phenolic OH excluding ortho intramolecular Hbond substituents is 2. The summed E-state index contributed by atoms with van der Waals surface area (Å²) in [7, 11) is -4.53. The average Bonchev–Trinajstić information content (AvgIpc) is 3.14. The second-order valence-electron chi connectivity index (χ2n) is 6.37. The van der Waals surface area contributed by atoms with Gasteiger partial charge in [-0.05, 0) is 37.5 Å². The summed E-state index contributed by atoms with van der Waals surface area (Å²) in [6, 6.07) is 7.56. The van der Waals surface area contributed by atoms with Gasteiger partial charge in [0.2, 0.25) is 9.84 Å². The maximum Gasteiger partial charge on any atom is 0.343 e. The number of carbonyl (C=O) groups is 2. The molecule has 2 aromatic carbocycles. The molecule has 0 heterocycles. The maximum atomic E-state index is 13.5. The van der Waals surface area contributed by atoms with Crippen molar-refractivity contribution in [3.05, 3.63) is 58.7 Å². The van der Waals surface area contributed by atoms with Crippen molar-refractivity contribution in [3.63, 3.8) is 0 Å². The molecule has 3 rings (SSSR count). The molecule has 30 heavy (non-hydrogen) atoms. The van der Waals surface area contributed by atoms with Crippen LogP contribution in [0.4, 0.5) is 0 Å². The zero-order chi connectivity index (χ0) is 22.1. The van der Waals surface area contributed by atoms with Gasteiger partial charge < -0.3 is 19.7 Å². The molecular formula is C21H20O8S. The number of hydrogen-bond donors (Lipinski definition) is 2. The number of ether oxygens (including phenoxy) is 2. The summed E-state index contributed by atoms with van der Waals surface area (Å²) in [4.78, 5) is 23.6. The van der Waals surface area contributed by atoms with E-state index in [-0.39, 0.29) is 18.1 Å². The van der Waals surface area contributed by atoms with E-state index in [0.29, 0.717) is 12.0 Å². The fourth-order valence-corrected chi connectivity index (χ4v) is 5.11. The zero-order valence-corrected chi connectivity index (χ0v) is 17.2. The highest BCUT2D eigenvalue weighted by atomic mass is 32.2. The Hall–Kier alpha value is -3.33. The molecule has 0 bridgehead atoms. The van der Waals surface area contributed by atoms with E-state index in [9.17, 15) is 28.2 Å². The Kier molecular flexibility index (Phi) is 5.84. The quantitative estimate of drug-likeness (QED) is 0.527. The number of allylic oxidation sites excluding steroid dienone is 1. The normalized spacial score (nSPS) is 12.8. The van der Waals surface area contributed by atoms with Crippen LogP contribution < -0.4 is 0 Å². The molecule has 8 nitrogen and oxygen atoms in total. The first-order valence-corrected chi connectivity index (χ1v) is 10.7. The van der Waals surface area contributed by atoms with Crippen LogP contribution in [0.3, 0.4) is 0 Å². The predicted octanol–water partition coefficient (Wildman–Crippen LogP) is 2.82. The molecule has 0 fully saturated rings. The van der Waals surface area contributed by atoms with Crippen molar-refractivity contribution >= 4 is 26.7 Å². The first-order chi connectivity index (χ1) is 14.2. The topological polar surface area (TPSA) is 127 Å². The van der Waals surface area contributed by atoms with Crippen molar-refractivity contribution in [2.45, 2.75) is 25.2 Å². The lowest BCUT2D eigenvalue weighted by Crippen LogP contribution is -2.16. The van der Waals surface area contributed by atoms with E-state index in [4.69, 9.17) is 9.47 Å². The molecule has 0 saturated heterocycles. The Morgan fingerprint density at radius 2 is 1.67 bits per heavy atom. The molecule has 0 unspecified atom stereocenters. The Balaban J connectivity index is 2.31. The van der Waals surface area contributed by atoms with Crippen LogP contribution in [0.2, 0.25) is 0 Å². The molecule has 0 aromatic heterocycles. The third-order valence-corrected chi connectivity index (χ3v) is 6.46. The Morgan fingerprint density at radius 3 is 2.33 bits per heavy atom. The van der Waals surface area contributed by atoms with Crippen LogP contribution in [0.1, 0.15) is 45.7 Å². The molecule has 9 heteroatoms.